The summed E-state index contributed by atoms with van der Waals surface area (Å²) in [7, 11) is 0. The predicted molar refractivity (Wildman–Crippen MR) is 111 cm³/mol. The molecule has 4 heteroatoms. The summed E-state index contributed by atoms with van der Waals surface area (Å²) in [5, 5.41) is 0.741. The number of likely N-dealkylation sites (tertiary alicyclic amines) is 1. The largest absolute Gasteiger partial charge is 0.492 e. The quantitative estimate of drug-likeness (QED) is 0.562. The Morgan fingerprint density at radius 2 is 1.67 bits per heavy atom. The van der Waals surface area contributed by atoms with Gasteiger partial charge in [-0.25, -0.2) is 0 Å². The number of nitrogens with zero attached hydrogens (tertiary/aromatic N) is 2. The van der Waals surface area contributed by atoms with E-state index in [4.69, 9.17) is 16.3 Å². The zero-order valence-electron chi connectivity index (χ0n) is 15.3. The third-order valence-electron chi connectivity index (χ3n) is 4.95. The number of benzene rings is 2. The number of aromatic nitrogens is 1. The maximum atomic E-state index is 5.96. The molecule has 1 fully saturated rings. The monoisotopic (exact) mass is 378 g/mol. The Kier molecular flexibility index (Phi) is 5.71. The second-order valence-electron chi connectivity index (χ2n) is 6.86. The number of hydrogen-bond donors (Lipinski definition) is 0. The molecule has 0 bridgehead atoms. The Morgan fingerprint density at radius 1 is 0.889 bits per heavy atom. The molecule has 0 amide bonds. The van der Waals surface area contributed by atoms with Crippen molar-refractivity contribution in [2.45, 2.75) is 12.8 Å². The third kappa shape index (κ3) is 4.68. The Bertz CT molecular complexity index is 872. The molecule has 1 aliphatic heterocycles. The van der Waals surface area contributed by atoms with Crippen molar-refractivity contribution >= 4 is 11.6 Å². The summed E-state index contributed by atoms with van der Waals surface area (Å²) in [5.41, 5.74) is 4.19. The SMILES string of the molecule is Clc1ccc(-c2ccc(-c3cccc(OCCN4CCCC4)c3)nc2)cc1. The molecule has 4 rings (SSSR count). The highest BCUT2D eigenvalue weighted by molar-refractivity contribution is 6.30. The molecule has 2 heterocycles. The van der Waals surface area contributed by atoms with E-state index in [9.17, 15) is 0 Å². The molecule has 3 aromatic rings. The first-order valence-corrected chi connectivity index (χ1v) is 9.83. The molecule has 0 unspecified atom stereocenters. The number of hydrogen-bond acceptors (Lipinski definition) is 3. The fraction of sp³-hybridized carbons (Fsp3) is 0.261. The van der Waals surface area contributed by atoms with Crippen LogP contribution in [0.15, 0.2) is 66.9 Å². The highest BCUT2D eigenvalue weighted by Gasteiger charge is 2.11. The first kappa shape index (κ1) is 18.0. The second kappa shape index (κ2) is 8.55. The van der Waals surface area contributed by atoms with E-state index in [2.05, 4.69) is 28.1 Å². The van der Waals surface area contributed by atoms with Crippen molar-refractivity contribution in [3.8, 4) is 28.1 Å². The van der Waals surface area contributed by atoms with Gasteiger partial charge in [-0.1, -0.05) is 41.9 Å². The lowest BCUT2D eigenvalue weighted by atomic mass is 10.1. The van der Waals surface area contributed by atoms with Crippen molar-refractivity contribution in [3.63, 3.8) is 0 Å². The van der Waals surface area contributed by atoms with Crippen LogP contribution in [0.2, 0.25) is 5.02 Å². The van der Waals surface area contributed by atoms with Crippen LogP contribution in [0, 0.1) is 0 Å². The van der Waals surface area contributed by atoms with Gasteiger partial charge in [0, 0.05) is 28.9 Å². The van der Waals surface area contributed by atoms with Gasteiger partial charge in [0.25, 0.3) is 0 Å². The van der Waals surface area contributed by atoms with Gasteiger partial charge in [-0.2, -0.15) is 0 Å². The van der Waals surface area contributed by atoms with E-state index in [1.165, 1.54) is 25.9 Å². The standard InChI is InChI=1S/C23H23ClN2O/c24-21-9-6-18(7-10-21)20-8-11-23(25-17-20)19-4-3-5-22(16-19)27-15-14-26-12-1-2-13-26/h3-11,16-17H,1-2,12-15H2. The molecule has 0 saturated carbocycles. The summed E-state index contributed by atoms with van der Waals surface area (Å²) in [6.45, 7) is 4.13. The average Bonchev–Trinajstić information content (AvgIpc) is 3.23. The van der Waals surface area contributed by atoms with Gasteiger partial charge < -0.3 is 4.74 Å². The van der Waals surface area contributed by atoms with Crippen LogP contribution >= 0.6 is 11.6 Å². The van der Waals surface area contributed by atoms with Gasteiger partial charge in [0.05, 0.1) is 5.69 Å². The molecule has 1 aromatic heterocycles. The fourth-order valence-electron chi connectivity index (χ4n) is 3.42. The molecule has 2 aromatic carbocycles. The zero-order chi connectivity index (χ0) is 18.5. The second-order valence-corrected chi connectivity index (χ2v) is 7.30. The average molecular weight is 379 g/mol. The molecule has 0 N–H and O–H groups in total. The topological polar surface area (TPSA) is 25.4 Å². The lowest BCUT2D eigenvalue weighted by Crippen LogP contribution is -2.25. The zero-order valence-corrected chi connectivity index (χ0v) is 16.0. The van der Waals surface area contributed by atoms with Crippen molar-refractivity contribution in [2.75, 3.05) is 26.2 Å². The first-order valence-electron chi connectivity index (χ1n) is 9.45. The summed E-state index contributed by atoms with van der Waals surface area (Å²) in [6, 6.07) is 20.1. The van der Waals surface area contributed by atoms with Gasteiger partial charge in [-0.3, -0.25) is 9.88 Å². The Hall–Kier alpha value is -2.36. The van der Waals surface area contributed by atoms with Crippen molar-refractivity contribution in [2.24, 2.45) is 0 Å². The van der Waals surface area contributed by atoms with Gasteiger partial charge in [-0.15, -0.1) is 0 Å². The Balaban J connectivity index is 1.42. The summed E-state index contributed by atoms with van der Waals surface area (Å²) in [6.07, 6.45) is 4.53. The Morgan fingerprint density at radius 3 is 2.41 bits per heavy atom. The van der Waals surface area contributed by atoms with Gasteiger partial charge in [-0.05, 0) is 61.8 Å². The van der Waals surface area contributed by atoms with E-state index < -0.39 is 0 Å². The fourth-order valence-corrected chi connectivity index (χ4v) is 3.55. The molecule has 0 radical (unpaired) electrons. The summed E-state index contributed by atoms with van der Waals surface area (Å²) < 4.78 is 5.95. The molecule has 138 valence electrons. The van der Waals surface area contributed by atoms with Gasteiger partial charge in [0.1, 0.15) is 12.4 Å². The van der Waals surface area contributed by atoms with E-state index >= 15 is 0 Å². The van der Waals surface area contributed by atoms with Gasteiger partial charge in [0.15, 0.2) is 0 Å². The van der Waals surface area contributed by atoms with Crippen LogP contribution in [0.1, 0.15) is 12.8 Å². The van der Waals surface area contributed by atoms with Crippen LogP contribution in [0.3, 0.4) is 0 Å². The molecule has 1 saturated heterocycles. The molecule has 0 atom stereocenters. The molecule has 0 spiro atoms. The number of ether oxygens (including phenoxy) is 1. The summed E-state index contributed by atoms with van der Waals surface area (Å²) in [5.74, 6) is 0.898. The molecular weight excluding hydrogens is 356 g/mol. The summed E-state index contributed by atoms with van der Waals surface area (Å²) >= 11 is 5.96. The van der Waals surface area contributed by atoms with Crippen molar-refractivity contribution in [3.05, 3.63) is 71.9 Å². The maximum Gasteiger partial charge on any atom is 0.120 e. The minimum atomic E-state index is 0.729. The maximum absolute atomic E-state index is 5.96. The minimum absolute atomic E-state index is 0.729. The lowest BCUT2D eigenvalue weighted by Gasteiger charge is -2.15. The summed E-state index contributed by atoms with van der Waals surface area (Å²) in [4.78, 5) is 7.09. The van der Waals surface area contributed by atoms with Crippen molar-refractivity contribution in [1.29, 1.82) is 0 Å². The van der Waals surface area contributed by atoms with Crippen LogP contribution in [-0.2, 0) is 0 Å². The predicted octanol–water partition coefficient (Wildman–Crippen LogP) is 5.54. The van der Waals surface area contributed by atoms with E-state index in [1.54, 1.807) is 0 Å². The number of rotatable bonds is 6. The highest BCUT2D eigenvalue weighted by atomic mass is 35.5. The first-order chi connectivity index (χ1) is 13.3. The third-order valence-corrected chi connectivity index (χ3v) is 5.20. The van der Waals surface area contributed by atoms with Crippen LogP contribution in [0.25, 0.3) is 22.4 Å². The van der Waals surface area contributed by atoms with Crippen LogP contribution in [-0.4, -0.2) is 36.1 Å². The van der Waals surface area contributed by atoms with Crippen molar-refractivity contribution < 1.29 is 4.74 Å². The van der Waals surface area contributed by atoms with E-state index in [0.29, 0.717) is 0 Å². The molecule has 1 aliphatic rings. The minimum Gasteiger partial charge on any atom is -0.492 e. The molecule has 0 aliphatic carbocycles. The van der Waals surface area contributed by atoms with E-state index in [1.807, 2.05) is 48.7 Å². The molecular formula is C23H23ClN2O. The highest BCUT2D eigenvalue weighted by Crippen LogP contribution is 2.26. The normalized spacial score (nSPS) is 14.4. The van der Waals surface area contributed by atoms with Crippen molar-refractivity contribution in [1.82, 2.24) is 9.88 Å². The smallest absolute Gasteiger partial charge is 0.120 e. The number of halogens is 1. The van der Waals surface area contributed by atoms with Gasteiger partial charge in [0.2, 0.25) is 0 Å². The Labute approximate surface area is 165 Å². The van der Waals surface area contributed by atoms with E-state index in [-0.39, 0.29) is 0 Å². The lowest BCUT2D eigenvalue weighted by molar-refractivity contribution is 0.238. The van der Waals surface area contributed by atoms with Crippen LogP contribution in [0.4, 0.5) is 0 Å². The van der Waals surface area contributed by atoms with Gasteiger partial charge >= 0.3 is 0 Å². The molecule has 27 heavy (non-hydrogen) atoms. The van der Waals surface area contributed by atoms with Crippen LogP contribution < -0.4 is 4.74 Å². The van der Waals surface area contributed by atoms with E-state index in [0.717, 1.165) is 46.3 Å². The molecule has 3 nitrogen and oxygen atoms in total. The van der Waals surface area contributed by atoms with Crippen LogP contribution in [0.5, 0.6) is 5.75 Å². The number of pyridine rings is 1.